The predicted octanol–water partition coefficient (Wildman–Crippen LogP) is 1.67. The molecule has 0 rings (SSSR count). The summed E-state index contributed by atoms with van der Waals surface area (Å²) in [6.07, 6.45) is -2.12. The van der Waals surface area contributed by atoms with E-state index in [-0.39, 0.29) is 6.54 Å². The highest BCUT2D eigenvalue weighted by molar-refractivity contribution is 5.76. The molecule has 0 saturated heterocycles. The van der Waals surface area contributed by atoms with Crippen molar-refractivity contribution < 1.29 is 23.8 Å². The molecule has 1 unspecified atom stereocenters. The summed E-state index contributed by atoms with van der Waals surface area (Å²) in [6.45, 7) is 5.36. The van der Waals surface area contributed by atoms with E-state index in [1.165, 1.54) is 6.92 Å². The lowest BCUT2D eigenvalue weighted by Crippen LogP contribution is -2.42. The molecule has 0 aliphatic rings. The lowest BCUT2D eigenvalue weighted by atomic mass is 10.2. The molecule has 0 radical (unpaired) electrons. The van der Waals surface area contributed by atoms with Crippen molar-refractivity contribution in [3.63, 3.8) is 0 Å². The normalized spacial score (nSPS) is 13.1. The summed E-state index contributed by atoms with van der Waals surface area (Å²) in [5, 5.41) is 8.57. The molecule has 94 valence electrons. The number of halogens is 1. The first kappa shape index (κ1) is 14.7. The van der Waals surface area contributed by atoms with Gasteiger partial charge in [-0.2, -0.15) is 0 Å². The van der Waals surface area contributed by atoms with Crippen LogP contribution in [0, 0.1) is 0 Å². The number of ether oxygens (including phenoxy) is 1. The van der Waals surface area contributed by atoms with Gasteiger partial charge in [0.15, 0.2) is 0 Å². The van der Waals surface area contributed by atoms with E-state index in [9.17, 15) is 14.0 Å². The number of hydrogen-bond acceptors (Lipinski definition) is 3. The van der Waals surface area contributed by atoms with Gasteiger partial charge in [0.25, 0.3) is 0 Å². The topological polar surface area (TPSA) is 66.8 Å². The molecule has 1 amide bonds. The van der Waals surface area contributed by atoms with Crippen molar-refractivity contribution >= 4 is 12.1 Å². The fraction of sp³-hybridized carbons (Fsp3) is 0.800. The largest absolute Gasteiger partial charge is 0.480 e. The number of carboxylic acids is 1. The van der Waals surface area contributed by atoms with E-state index in [1.54, 1.807) is 20.8 Å². The summed E-state index contributed by atoms with van der Waals surface area (Å²) in [5.74, 6) is -1.20. The lowest BCUT2D eigenvalue weighted by Gasteiger charge is -2.26. The number of carboxylic acid groups (broad SMARTS) is 1. The van der Waals surface area contributed by atoms with Crippen molar-refractivity contribution in [3.05, 3.63) is 0 Å². The van der Waals surface area contributed by atoms with E-state index >= 15 is 0 Å². The second-order valence-electron chi connectivity index (χ2n) is 4.54. The first-order chi connectivity index (χ1) is 7.11. The number of alkyl halides is 1. The van der Waals surface area contributed by atoms with E-state index in [4.69, 9.17) is 9.84 Å². The van der Waals surface area contributed by atoms with Crippen LogP contribution in [0.5, 0.6) is 0 Å². The highest BCUT2D eigenvalue weighted by atomic mass is 19.1. The predicted molar refractivity (Wildman–Crippen MR) is 56.0 cm³/mol. The van der Waals surface area contributed by atoms with Gasteiger partial charge in [-0.3, -0.25) is 9.69 Å². The molecule has 0 aromatic rings. The Hall–Kier alpha value is -1.33. The highest BCUT2D eigenvalue weighted by Crippen LogP contribution is 2.10. The van der Waals surface area contributed by atoms with E-state index in [1.807, 2.05) is 0 Å². The third kappa shape index (κ3) is 7.03. The SMILES string of the molecule is CC(F)CN(CC(=O)O)C(=O)OC(C)(C)C. The molecule has 0 aliphatic heterocycles. The van der Waals surface area contributed by atoms with E-state index < -0.39 is 30.4 Å². The van der Waals surface area contributed by atoms with Crippen LogP contribution in [0.2, 0.25) is 0 Å². The fourth-order valence-electron chi connectivity index (χ4n) is 0.997. The van der Waals surface area contributed by atoms with Crippen LogP contribution >= 0.6 is 0 Å². The van der Waals surface area contributed by atoms with E-state index in [2.05, 4.69) is 0 Å². The summed E-state index contributed by atoms with van der Waals surface area (Å²) in [7, 11) is 0. The minimum Gasteiger partial charge on any atom is -0.480 e. The Bertz CT molecular complexity index is 260. The molecule has 0 aliphatic carbocycles. The minimum atomic E-state index is -1.30. The molecular formula is C10H18FNO4. The fourth-order valence-corrected chi connectivity index (χ4v) is 0.997. The van der Waals surface area contributed by atoms with Gasteiger partial charge in [0.05, 0.1) is 6.54 Å². The molecule has 0 saturated carbocycles. The van der Waals surface area contributed by atoms with Gasteiger partial charge in [-0.1, -0.05) is 0 Å². The Balaban J connectivity index is 4.49. The minimum absolute atomic E-state index is 0.290. The smallest absolute Gasteiger partial charge is 0.410 e. The first-order valence-corrected chi connectivity index (χ1v) is 4.95. The van der Waals surface area contributed by atoms with Crippen LogP contribution in [-0.2, 0) is 9.53 Å². The van der Waals surface area contributed by atoms with Gasteiger partial charge >= 0.3 is 12.1 Å². The van der Waals surface area contributed by atoms with Crippen LogP contribution in [0.1, 0.15) is 27.7 Å². The lowest BCUT2D eigenvalue weighted by molar-refractivity contribution is -0.138. The number of amides is 1. The van der Waals surface area contributed by atoms with Crippen molar-refractivity contribution in [1.82, 2.24) is 4.90 Å². The van der Waals surface area contributed by atoms with E-state index in [0.29, 0.717) is 0 Å². The van der Waals surface area contributed by atoms with Gasteiger partial charge in [-0.05, 0) is 27.7 Å². The molecule has 0 spiro atoms. The van der Waals surface area contributed by atoms with Crippen LogP contribution in [-0.4, -0.2) is 46.9 Å². The van der Waals surface area contributed by atoms with Crippen LogP contribution in [0.15, 0.2) is 0 Å². The number of aliphatic carboxylic acids is 1. The van der Waals surface area contributed by atoms with Gasteiger partial charge in [0.2, 0.25) is 0 Å². The summed E-state index contributed by atoms with van der Waals surface area (Å²) in [5.41, 5.74) is -0.729. The Kier molecular flexibility index (Phi) is 5.20. The third-order valence-corrected chi connectivity index (χ3v) is 1.45. The van der Waals surface area contributed by atoms with E-state index in [0.717, 1.165) is 4.90 Å². The van der Waals surface area contributed by atoms with Crippen molar-refractivity contribution in [1.29, 1.82) is 0 Å². The quantitative estimate of drug-likeness (QED) is 0.804. The summed E-state index contributed by atoms with van der Waals surface area (Å²) in [6, 6.07) is 0. The average Bonchev–Trinajstić information content (AvgIpc) is 1.97. The number of carbonyl (C=O) groups is 2. The van der Waals surface area contributed by atoms with Crippen molar-refractivity contribution in [2.45, 2.75) is 39.5 Å². The molecule has 0 bridgehead atoms. The molecule has 5 nitrogen and oxygen atoms in total. The number of rotatable bonds is 4. The Labute approximate surface area is 94.2 Å². The molecule has 0 aromatic heterocycles. The monoisotopic (exact) mass is 235 g/mol. The zero-order chi connectivity index (χ0) is 12.9. The van der Waals surface area contributed by atoms with Gasteiger partial charge in [0, 0.05) is 0 Å². The number of hydrogen-bond donors (Lipinski definition) is 1. The molecule has 1 N–H and O–H groups in total. The second kappa shape index (κ2) is 5.67. The Morgan fingerprint density at radius 1 is 1.44 bits per heavy atom. The Morgan fingerprint density at radius 3 is 2.25 bits per heavy atom. The van der Waals surface area contributed by atoms with Gasteiger partial charge in [0.1, 0.15) is 18.3 Å². The van der Waals surface area contributed by atoms with Crippen LogP contribution in [0.25, 0.3) is 0 Å². The zero-order valence-corrected chi connectivity index (χ0v) is 9.99. The maximum atomic E-state index is 12.8. The van der Waals surface area contributed by atoms with Crippen molar-refractivity contribution in [3.8, 4) is 0 Å². The first-order valence-electron chi connectivity index (χ1n) is 4.95. The standard InChI is InChI=1S/C10H18FNO4/c1-7(11)5-12(6-8(13)14)9(15)16-10(2,3)4/h7H,5-6H2,1-4H3,(H,13,14). The summed E-state index contributed by atoms with van der Waals surface area (Å²) in [4.78, 5) is 22.8. The van der Waals surface area contributed by atoms with Crippen molar-refractivity contribution in [2.75, 3.05) is 13.1 Å². The van der Waals surface area contributed by atoms with Crippen molar-refractivity contribution in [2.24, 2.45) is 0 Å². The molecule has 6 heteroatoms. The zero-order valence-electron chi connectivity index (χ0n) is 9.99. The molecule has 0 fully saturated rings. The van der Waals surface area contributed by atoms with Gasteiger partial charge < -0.3 is 9.84 Å². The third-order valence-electron chi connectivity index (χ3n) is 1.45. The molecule has 1 atom stereocenters. The van der Waals surface area contributed by atoms with Crippen LogP contribution in [0.3, 0.4) is 0 Å². The van der Waals surface area contributed by atoms with Gasteiger partial charge in [-0.15, -0.1) is 0 Å². The number of carbonyl (C=O) groups excluding carboxylic acids is 1. The summed E-state index contributed by atoms with van der Waals surface area (Å²) < 4.78 is 17.7. The molecule has 0 heterocycles. The average molecular weight is 235 g/mol. The molecular weight excluding hydrogens is 217 g/mol. The maximum Gasteiger partial charge on any atom is 0.410 e. The Morgan fingerprint density at radius 2 is 1.94 bits per heavy atom. The summed E-state index contributed by atoms with van der Waals surface area (Å²) >= 11 is 0. The highest BCUT2D eigenvalue weighted by Gasteiger charge is 2.24. The molecule has 16 heavy (non-hydrogen) atoms. The van der Waals surface area contributed by atoms with Crippen LogP contribution in [0.4, 0.5) is 9.18 Å². The maximum absolute atomic E-state index is 12.8. The molecule has 0 aromatic carbocycles. The van der Waals surface area contributed by atoms with Gasteiger partial charge in [-0.25, -0.2) is 9.18 Å². The second-order valence-corrected chi connectivity index (χ2v) is 4.54. The number of nitrogens with zero attached hydrogens (tertiary/aromatic N) is 1. The van der Waals surface area contributed by atoms with Crippen LogP contribution < -0.4 is 0 Å².